The van der Waals surface area contributed by atoms with Gasteiger partial charge < -0.3 is 9.80 Å². The largest absolute Gasteiger partial charge is 0.329 e. The Kier molecular flexibility index (Phi) is 3.23. The lowest BCUT2D eigenvalue weighted by molar-refractivity contribution is -0.918. The van der Waals surface area contributed by atoms with Crippen LogP contribution in [0.3, 0.4) is 0 Å². The summed E-state index contributed by atoms with van der Waals surface area (Å²) in [4.78, 5) is 19.5. The van der Waals surface area contributed by atoms with Crippen molar-refractivity contribution in [3.63, 3.8) is 0 Å². The minimum absolute atomic E-state index is 0.133. The topological polar surface area (TPSA) is 63.2 Å². The number of rotatable bonds is 2. The second-order valence-electron chi connectivity index (χ2n) is 7.19. The number of amides is 1. The highest BCUT2D eigenvalue weighted by atomic mass is 16.2. The summed E-state index contributed by atoms with van der Waals surface area (Å²) >= 11 is 0. The molecule has 6 nitrogen and oxygen atoms in total. The Balaban J connectivity index is 1.56. The van der Waals surface area contributed by atoms with Gasteiger partial charge in [-0.2, -0.15) is 5.10 Å². The van der Waals surface area contributed by atoms with Gasteiger partial charge in [0.2, 0.25) is 0 Å². The number of hydrogen-bond donors (Lipinski definition) is 3. The van der Waals surface area contributed by atoms with Crippen molar-refractivity contribution in [2.24, 2.45) is 16.4 Å². The van der Waals surface area contributed by atoms with Crippen molar-refractivity contribution in [3.05, 3.63) is 30.1 Å². The molecule has 3 N–H and O–H groups in total. The van der Waals surface area contributed by atoms with E-state index in [9.17, 15) is 4.79 Å². The highest BCUT2D eigenvalue weighted by Crippen LogP contribution is 2.26. The van der Waals surface area contributed by atoms with Crippen molar-refractivity contribution in [1.29, 1.82) is 0 Å². The van der Waals surface area contributed by atoms with E-state index >= 15 is 0 Å². The Morgan fingerprint density at radius 3 is 2.50 bits per heavy atom. The first kappa shape index (κ1) is 13.8. The molecule has 1 amide bonds. The van der Waals surface area contributed by atoms with Crippen molar-refractivity contribution in [2.45, 2.75) is 6.92 Å². The van der Waals surface area contributed by atoms with Gasteiger partial charge >= 0.3 is 0 Å². The molecular formula is C16H23N5O+2. The SMILES string of the molecule is CC12C[NH+]3CC[NH+](CC(C3)C1=NNC(=O)c1ccncc1)C2. The van der Waals surface area contributed by atoms with Crippen molar-refractivity contribution in [3.8, 4) is 0 Å². The number of hydrazone groups is 1. The molecule has 4 bridgehead atoms. The molecule has 1 aromatic heterocycles. The van der Waals surface area contributed by atoms with Crippen LogP contribution in [-0.4, -0.2) is 55.9 Å². The molecule has 2 unspecified atom stereocenters. The Hall–Kier alpha value is -1.79. The van der Waals surface area contributed by atoms with Crippen molar-refractivity contribution < 1.29 is 14.6 Å². The highest BCUT2D eigenvalue weighted by Gasteiger charge is 2.54. The van der Waals surface area contributed by atoms with Gasteiger partial charge in [-0.05, 0) is 19.1 Å². The Labute approximate surface area is 130 Å². The van der Waals surface area contributed by atoms with Crippen LogP contribution in [0.25, 0.3) is 0 Å². The third-order valence-electron chi connectivity index (χ3n) is 5.41. The van der Waals surface area contributed by atoms with Gasteiger partial charge in [-0.1, -0.05) is 0 Å². The van der Waals surface area contributed by atoms with Gasteiger partial charge in [0, 0.05) is 18.0 Å². The van der Waals surface area contributed by atoms with Gasteiger partial charge in [-0.25, -0.2) is 5.43 Å². The maximum absolute atomic E-state index is 12.2. The van der Waals surface area contributed by atoms with E-state index in [1.54, 1.807) is 34.3 Å². The fourth-order valence-electron chi connectivity index (χ4n) is 4.59. The maximum Gasteiger partial charge on any atom is 0.271 e. The molecule has 5 rings (SSSR count). The molecule has 0 aromatic carbocycles. The molecule has 1 aromatic rings. The standard InChI is InChI=1S/C16H21N5O/c1-16-10-20-6-7-21(11-16)9-13(8-20)14(16)18-19-15(22)12-2-4-17-5-3-12/h2-5,13H,6-11H2,1H3,(H,19,22)/p+2. The molecule has 4 aliphatic heterocycles. The number of carbonyl (C=O) groups is 1. The quantitative estimate of drug-likeness (QED) is 0.533. The molecule has 0 aliphatic carbocycles. The second-order valence-corrected chi connectivity index (χ2v) is 7.19. The normalized spacial score (nSPS) is 38.0. The highest BCUT2D eigenvalue weighted by molar-refractivity contribution is 5.97. The molecule has 0 spiro atoms. The molecule has 4 aliphatic rings. The molecule has 4 fully saturated rings. The van der Waals surface area contributed by atoms with Gasteiger partial charge in [0.05, 0.1) is 37.8 Å². The predicted molar refractivity (Wildman–Crippen MR) is 81.9 cm³/mol. The average Bonchev–Trinajstić information content (AvgIpc) is 2.74. The number of fused-ring (bicyclic) bond motifs is 1. The third kappa shape index (κ3) is 2.32. The van der Waals surface area contributed by atoms with Crippen LogP contribution in [0.5, 0.6) is 0 Å². The number of quaternary nitrogens is 2. The monoisotopic (exact) mass is 301 g/mol. The zero-order chi connectivity index (χ0) is 15.2. The molecule has 2 atom stereocenters. The van der Waals surface area contributed by atoms with Crippen molar-refractivity contribution in [2.75, 3.05) is 39.3 Å². The van der Waals surface area contributed by atoms with E-state index in [2.05, 4.69) is 22.4 Å². The lowest BCUT2D eigenvalue weighted by atomic mass is 9.72. The number of nitrogens with zero attached hydrogens (tertiary/aromatic N) is 2. The summed E-state index contributed by atoms with van der Waals surface area (Å²) < 4.78 is 0. The molecule has 5 heterocycles. The molecule has 0 saturated carbocycles. The van der Waals surface area contributed by atoms with Gasteiger partial charge in [0.1, 0.15) is 18.5 Å². The van der Waals surface area contributed by atoms with Crippen molar-refractivity contribution in [1.82, 2.24) is 10.4 Å². The minimum atomic E-state index is -0.148. The van der Waals surface area contributed by atoms with Crippen LogP contribution in [0, 0.1) is 11.3 Å². The van der Waals surface area contributed by atoms with E-state index in [0.717, 1.165) is 13.1 Å². The van der Waals surface area contributed by atoms with E-state index in [1.807, 2.05) is 0 Å². The second kappa shape index (κ2) is 5.14. The van der Waals surface area contributed by atoms with Crippen LogP contribution in [0.4, 0.5) is 0 Å². The Morgan fingerprint density at radius 2 is 1.91 bits per heavy atom. The first-order chi connectivity index (χ1) is 10.6. The van der Waals surface area contributed by atoms with E-state index in [4.69, 9.17) is 0 Å². The van der Waals surface area contributed by atoms with E-state index in [0.29, 0.717) is 11.5 Å². The molecule has 116 valence electrons. The van der Waals surface area contributed by atoms with E-state index in [1.165, 1.54) is 31.9 Å². The number of carbonyl (C=O) groups excluding carboxylic acids is 1. The summed E-state index contributed by atoms with van der Waals surface area (Å²) in [5.41, 5.74) is 4.73. The number of piperidine rings is 2. The van der Waals surface area contributed by atoms with Crippen LogP contribution in [-0.2, 0) is 0 Å². The minimum Gasteiger partial charge on any atom is -0.329 e. The molecule has 22 heavy (non-hydrogen) atoms. The number of pyridine rings is 1. The summed E-state index contributed by atoms with van der Waals surface area (Å²) in [5.74, 6) is 0.364. The fraction of sp³-hybridized carbons (Fsp3) is 0.562. The van der Waals surface area contributed by atoms with Crippen LogP contribution in [0.1, 0.15) is 17.3 Å². The van der Waals surface area contributed by atoms with E-state index < -0.39 is 0 Å². The van der Waals surface area contributed by atoms with E-state index in [-0.39, 0.29) is 11.3 Å². The van der Waals surface area contributed by atoms with Gasteiger partial charge in [0.25, 0.3) is 5.91 Å². The van der Waals surface area contributed by atoms with Gasteiger partial charge in [-0.3, -0.25) is 9.78 Å². The van der Waals surface area contributed by atoms with Crippen LogP contribution in [0.2, 0.25) is 0 Å². The summed E-state index contributed by atoms with van der Waals surface area (Å²) in [6.07, 6.45) is 3.26. The predicted octanol–water partition coefficient (Wildman–Crippen LogP) is -2.40. The third-order valence-corrected chi connectivity index (χ3v) is 5.41. The van der Waals surface area contributed by atoms with Gasteiger partial charge in [-0.15, -0.1) is 0 Å². The summed E-state index contributed by atoms with van der Waals surface area (Å²) in [6, 6.07) is 3.43. The molecule has 6 heteroatoms. The average molecular weight is 301 g/mol. The van der Waals surface area contributed by atoms with Crippen molar-refractivity contribution >= 4 is 11.6 Å². The Bertz CT molecular complexity index is 598. The summed E-state index contributed by atoms with van der Waals surface area (Å²) in [7, 11) is 0. The smallest absolute Gasteiger partial charge is 0.271 e. The number of nitrogens with one attached hydrogen (secondary N) is 3. The molecule has 0 radical (unpaired) electrons. The number of aromatic nitrogens is 1. The number of hydrogen-bond acceptors (Lipinski definition) is 3. The van der Waals surface area contributed by atoms with Gasteiger partial charge in [0.15, 0.2) is 0 Å². The summed E-state index contributed by atoms with van der Waals surface area (Å²) in [5, 5.41) is 4.58. The first-order valence-electron chi connectivity index (χ1n) is 8.10. The van der Waals surface area contributed by atoms with Crippen LogP contribution < -0.4 is 15.2 Å². The lowest BCUT2D eigenvalue weighted by Crippen LogP contribution is -3.16. The maximum atomic E-state index is 12.2. The summed E-state index contributed by atoms with van der Waals surface area (Å²) in [6.45, 7) is 9.51. The fourth-order valence-corrected chi connectivity index (χ4v) is 4.59. The lowest BCUT2D eigenvalue weighted by Gasteiger charge is -2.43. The van der Waals surface area contributed by atoms with Crippen LogP contribution in [0.15, 0.2) is 29.6 Å². The zero-order valence-electron chi connectivity index (χ0n) is 12.9. The molecule has 4 saturated heterocycles. The first-order valence-corrected chi connectivity index (χ1v) is 8.10. The molecular weight excluding hydrogens is 278 g/mol. The Morgan fingerprint density at radius 1 is 1.27 bits per heavy atom. The zero-order valence-corrected chi connectivity index (χ0v) is 12.9. The van der Waals surface area contributed by atoms with Crippen LogP contribution >= 0.6 is 0 Å².